The van der Waals surface area contributed by atoms with Crippen LogP contribution in [0.15, 0.2) is 24.3 Å². The van der Waals surface area contributed by atoms with Crippen LogP contribution in [0.1, 0.15) is 37.3 Å². The molecule has 2 N–H and O–H groups in total. The van der Waals surface area contributed by atoms with Crippen LogP contribution in [-0.2, 0) is 17.5 Å². The molecule has 1 fully saturated rings. The molecule has 1 aliphatic rings. The van der Waals surface area contributed by atoms with Gasteiger partial charge in [-0.15, -0.1) is 12.4 Å². The van der Waals surface area contributed by atoms with Crippen LogP contribution in [0.3, 0.4) is 0 Å². The lowest BCUT2D eigenvalue weighted by molar-refractivity contribution is -0.137. The van der Waals surface area contributed by atoms with Gasteiger partial charge in [-0.1, -0.05) is 19.1 Å². The molecule has 0 unspecified atom stereocenters. The van der Waals surface area contributed by atoms with Gasteiger partial charge in [0, 0.05) is 12.6 Å². The van der Waals surface area contributed by atoms with Crippen molar-refractivity contribution in [3.63, 3.8) is 0 Å². The second-order valence-electron chi connectivity index (χ2n) is 5.41. The standard InChI is InChI=1S/C15H19F3N2O.ClH/c1-2-13(19)14(21)20(12-7-8-12)9-10-3-5-11(6-4-10)15(16,17)18;/h3-6,12-13H,2,7-9,19H2,1H3;1H/t13-;/m0./s1. The van der Waals surface area contributed by atoms with Gasteiger partial charge in [-0.25, -0.2) is 0 Å². The van der Waals surface area contributed by atoms with E-state index < -0.39 is 17.8 Å². The van der Waals surface area contributed by atoms with E-state index in [1.807, 2.05) is 6.92 Å². The minimum atomic E-state index is -4.34. The van der Waals surface area contributed by atoms with Gasteiger partial charge in [-0.05, 0) is 37.0 Å². The van der Waals surface area contributed by atoms with Gasteiger partial charge < -0.3 is 10.6 Å². The van der Waals surface area contributed by atoms with Crippen LogP contribution in [0.25, 0.3) is 0 Å². The molecule has 22 heavy (non-hydrogen) atoms. The third-order valence-corrected chi connectivity index (χ3v) is 3.66. The average molecular weight is 337 g/mol. The van der Waals surface area contributed by atoms with Crippen molar-refractivity contribution in [2.45, 2.75) is 51.0 Å². The number of carbonyl (C=O) groups excluding carboxylic acids is 1. The molecule has 1 aromatic rings. The minimum absolute atomic E-state index is 0. The van der Waals surface area contributed by atoms with Gasteiger partial charge in [-0.2, -0.15) is 13.2 Å². The van der Waals surface area contributed by atoms with Crippen LogP contribution in [-0.4, -0.2) is 22.9 Å². The Kier molecular flexibility index (Phi) is 6.26. The molecular weight excluding hydrogens is 317 g/mol. The number of carbonyl (C=O) groups is 1. The lowest BCUT2D eigenvalue weighted by atomic mass is 10.1. The van der Waals surface area contributed by atoms with Crippen LogP contribution in [0.4, 0.5) is 13.2 Å². The molecule has 2 rings (SSSR count). The van der Waals surface area contributed by atoms with Crippen LogP contribution in [0, 0.1) is 0 Å². The molecule has 0 bridgehead atoms. The van der Waals surface area contributed by atoms with E-state index in [4.69, 9.17) is 5.73 Å². The first-order valence-electron chi connectivity index (χ1n) is 7.05. The molecule has 1 aromatic carbocycles. The van der Waals surface area contributed by atoms with Crippen molar-refractivity contribution in [1.82, 2.24) is 4.90 Å². The average Bonchev–Trinajstić information content (AvgIpc) is 3.27. The molecule has 124 valence electrons. The van der Waals surface area contributed by atoms with Gasteiger partial charge in [0.15, 0.2) is 0 Å². The number of halogens is 4. The summed E-state index contributed by atoms with van der Waals surface area (Å²) in [6.07, 6.45) is -1.92. The van der Waals surface area contributed by atoms with Gasteiger partial charge in [0.25, 0.3) is 0 Å². The van der Waals surface area contributed by atoms with Crippen LogP contribution < -0.4 is 5.73 Å². The second kappa shape index (κ2) is 7.33. The first kappa shape index (κ1) is 18.8. The Morgan fingerprint density at radius 3 is 2.27 bits per heavy atom. The number of rotatable bonds is 5. The maximum atomic E-state index is 12.5. The van der Waals surface area contributed by atoms with Crippen LogP contribution in [0.2, 0.25) is 0 Å². The van der Waals surface area contributed by atoms with Crippen molar-refractivity contribution >= 4 is 18.3 Å². The monoisotopic (exact) mass is 336 g/mol. The Bertz CT molecular complexity index is 501. The predicted molar refractivity (Wildman–Crippen MR) is 80.5 cm³/mol. The third-order valence-electron chi connectivity index (χ3n) is 3.66. The molecule has 0 saturated heterocycles. The maximum absolute atomic E-state index is 12.5. The Balaban J connectivity index is 0.00000242. The normalized spacial score (nSPS) is 15.9. The van der Waals surface area contributed by atoms with Gasteiger partial charge >= 0.3 is 6.18 Å². The molecule has 0 aliphatic heterocycles. The number of nitrogens with two attached hydrogens (primary N) is 1. The van der Waals surface area contributed by atoms with E-state index >= 15 is 0 Å². The van der Waals surface area contributed by atoms with Gasteiger partial charge in [0.1, 0.15) is 0 Å². The van der Waals surface area contributed by atoms with Gasteiger partial charge in [-0.3, -0.25) is 4.79 Å². The first-order chi connectivity index (χ1) is 9.82. The summed E-state index contributed by atoms with van der Waals surface area (Å²) in [6.45, 7) is 2.15. The fraction of sp³-hybridized carbons (Fsp3) is 0.533. The number of hydrogen-bond donors (Lipinski definition) is 1. The highest BCUT2D eigenvalue weighted by Gasteiger charge is 2.34. The SMILES string of the molecule is CC[C@H](N)C(=O)N(Cc1ccc(C(F)(F)F)cc1)C1CC1.Cl. The van der Waals surface area contributed by atoms with Crippen LogP contribution >= 0.6 is 12.4 Å². The van der Waals surface area contributed by atoms with E-state index in [0.29, 0.717) is 18.5 Å². The second-order valence-corrected chi connectivity index (χ2v) is 5.41. The first-order valence-corrected chi connectivity index (χ1v) is 7.05. The molecule has 3 nitrogen and oxygen atoms in total. The molecular formula is C15H20ClF3N2O. The van der Waals surface area contributed by atoms with E-state index in [1.54, 1.807) is 4.90 Å². The molecule has 0 radical (unpaired) electrons. The number of hydrogen-bond acceptors (Lipinski definition) is 2. The molecule has 1 atom stereocenters. The summed E-state index contributed by atoms with van der Waals surface area (Å²) in [6, 6.07) is 4.57. The smallest absolute Gasteiger partial charge is 0.334 e. The lowest BCUT2D eigenvalue weighted by Crippen LogP contribution is -2.44. The van der Waals surface area contributed by atoms with E-state index in [1.165, 1.54) is 12.1 Å². The molecule has 1 saturated carbocycles. The highest BCUT2D eigenvalue weighted by Crippen LogP contribution is 2.31. The summed E-state index contributed by atoms with van der Waals surface area (Å²) in [5.41, 5.74) is 5.78. The zero-order valence-electron chi connectivity index (χ0n) is 12.3. The largest absolute Gasteiger partial charge is 0.416 e. The van der Waals surface area contributed by atoms with Crippen molar-refractivity contribution in [2.24, 2.45) is 5.73 Å². The number of nitrogens with zero attached hydrogens (tertiary/aromatic N) is 1. The topological polar surface area (TPSA) is 46.3 Å². The Morgan fingerprint density at radius 1 is 1.32 bits per heavy atom. The molecule has 0 spiro atoms. The summed E-state index contributed by atoms with van der Waals surface area (Å²) >= 11 is 0. The summed E-state index contributed by atoms with van der Waals surface area (Å²) < 4.78 is 37.6. The summed E-state index contributed by atoms with van der Waals surface area (Å²) in [5, 5.41) is 0. The van der Waals surface area contributed by atoms with Gasteiger partial charge in [0.2, 0.25) is 5.91 Å². The van der Waals surface area contributed by atoms with Crippen molar-refractivity contribution in [2.75, 3.05) is 0 Å². The highest BCUT2D eigenvalue weighted by molar-refractivity contribution is 5.85. The number of alkyl halides is 3. The molecule has 0 heterocycles. The lowest BCUT2D eigenvalue weighted by Gasteiger charge is -2.25. The van der Waals surface area contributed by atoms with Crippen molar-refractivity contribution < 1.29 is 18.0 Å². The molecule has 1 amide bonds. The maximum Gasteiger partial charge on any atom is 0.416 e. The fourth-order valence-corrected chi connectivity index (χ4v) is 2.16. The van der Waals surface area contributed by atoms with Crippen molar-refractivity contribution in [1.29, 1.82) is 0 Å². The third kappa shape index (κ3) is 4.61. The van der Waals surface area contributed by atoms with Crippen molar-refractivity contribution in [3.05, 3.63) is 35.4 Å². The molecule has 1 aliphatic carbocycles. The molecule has 0 aromatic heterocycles. The minimum Gasteiger partial charge on any atom is -0.334 e. The summed E-state index contributed by atoms with van der Waals surface area (Å²) in [5.74, 6) is -0.125. The zero-order chi connectivity index (χ0) is 15.6. The Morgan fingerprint density at radius 2 is 1.86 bits per heavy atom. The quantitative estimate of drug-likeness (QED) is 0.896. The number of benzene rings is 1. The van der Waals surface area contributed by atoms with E-state index in [2.05, 4.69) is 0 Å². The van der Waals surface area contributed by atoms with Crippen molar-refractivity contribution in [3.8, 4) is 0 Å². The zero-order valence-corrected chi connectivity index (χ0v) is 13.1. The summed E-state index contributed by atoms with van der Waals surface area (Å²) in [4.78, 5) is 13.9. The van der Waals surface area contributed by atoms with Gasteiger partial charge in [0.05, 0.1) is 11.6 Å². The van der Waals surface area contributed by atoms with E-state index in [-0.39, 0.29) is 24.4 Å². The molecule has 7 heteroatoms. The Labute approximate surface area is 134 Å². The predicted octanol–water partition coefficient (Wildman–Crippen LogP) is 3.36. The highest BCUT2D eigenvalue weighted by atomic mass is 35.5. The fourth-order valence-electron chi connectivity index (χ4n) is 2.16. The summed E-state index contributed by atoms with van der Waals surface area (Å²) in [7, 11) is 0. The Hall–Kier alpha value is -1.27. The van der Waals surface area contributed by atoms with E-state index in [9.17, 15) is 18.0 Å². The number of amides is 1. The van der Waals surface area contributed by atoms with Crippen LogP contribution in [0.5, 0.6) is 0 Å². The van der Waals surface area contributed by atoms with E-state index in [0.717, 1.165) is 25.0 Å².